The Morgan fingerprint density at radius 1 is 1.17 bits per heavy atom. The zero-order valence-corrected chi connectivity index (χ0v) is 19.3. The summed E-state index contributed by atoms with van der Waals surface area (Å²) in [7, 11) is 0. The summed E-state index contributed by atoms with van der Waals surface area (Å²) in [6.07, 6.45) is 3.52. The van der Waals surface area contributed by atoms with Crippen LogP contribution in [0.15, 0.2) is 0 Å². The Hall–Kier alpha value is -2.44. The van der Waals surface area contributed by atoms with Crippen molar-refractivity contribution in [2.24, 2.45) is 0 Å². The second-order valence-electron chi connectivity index (χ2n) is 9.36. The van der Waals surface area contributed by atoms with Gasteiger partial charge in [-0.15, -0.1) is 0 Å². The lowest BCUT2D eigenvalue weighted by Crippen LogP contribution is -2.30. The third kappa shape index (κ3) is 4.65. The quantitative estimate of drug-likeness (QED) is 0.707. The van der Waals surface area contributed by atoms with Crippen LogP contribution in [0.3, 0.4) is 0 Å². The number of amides is 2. The predicted molar refractivity (Wildman–Crippen MR) is 118 cm³/mol. The van der Waals surface area contributed by atoms with E-state index < -0.39 is 0 Å². The first kappa shape index (κ1) is 22.2. The Morgan fingerprint density at radius 2 is 1.90 bits per heavy atom. The molecular formula is C23H35N5O2. The van der Waals surface area contributed by atoms with Gasteiger partial charge in [-0.05, 0) is 71.9 Å². The molecule has 0 bridgehead atoms. The van der Waals surface area contributed by atoms with Crippen molar-refractivity contribution in [1.29, 1.82) is 0 Å². The third-order valence-electron chi connectivity index (χ3n) is 5.91. The average molecular weight is 414 g/mol. The Labute approximate surface area is 179 Å². The summed E-state index contributed by atoms with van der Waals surface area (Å²) in [5.74, 6) is 0.281. The molecular weight excluding hydrogens is 378 g/mol. The van der Waals surface area contributed by atoms with Crippen LogP contribution in [-0.2, 0) is 21.5 Å². The summed E-state index contributed by atoms with van der Waals surface area (Å²) in [6, 6.07) is 0. The van der Waals surface area contributed by atoms with Gasteiger partial charge >= 0.3 is 0 Å². The van der Waals surface area contributed by atoms with Gasteiger partial charge in [-0.3, -0.25) is 9.59 Å². The van der Waals surface area contributed by atoms with Gasteiger partial charge in [-0.1, -0.05) is 0 Å². The molecule has 0 spiro atoms. The standard InChI is InChI=1S/C23H35N5O2/c1-15-18(10-11-19(29)24-12-8-14-27-13-7-9-20(27)30)16(2)25-22-21(15)17(3)26-28(22)23(4,5)6/h7-14H2,1-6H3,(H,24,29). The van der Waals surface area contributed by atoms with Crippen LogP contribution in [-0.4, -0.2) is 51.1 Å². The highest BCUT2D eigenvalue weighted by molar-refractivity contribution is 5.84. The van der Waals surface area contributed by atoms with E-state index in [4.69, 9.17) is 10.1 Å². The van der Waals surface area contributed by atoms with Crippen molar-refractivity contribution in [1.82, 2.24) is 25.0 Å². The Bertz CT molecular complexity index is 955. The molecule has 0 aliphatic carbocycles. The number of likely N-dealkylation sites (tertiary alicyclic amines) is 1. The van der Waals surface area contributed by atoms with Crippen LogP contribution in [0.2, 0.25) is 0 Å². The minimum atomic E-state index is -0.139. The molecule has 1 saturated heterocycles. The maximum absolute atomic E-state index is 12.3. The number of hydrogen-bond acceptors (Lipinski definition) is 4. The number of aryl methyl sites for hydroxylation is 3. The second-order valence-corrected chi connectivity index (χ2v) is 9.36. The van der Waals surface area contributed by atoms with Crippen molar-refractivity contribution in [3.8, 4) is 0 Å². The van der Waals surface area contributed by atoms with Crippen molar-refractivity contribution in [2.75, 3.05) is 19.6 Å². The molecule has 0 radical (unpaired) electrons. The largest absolute Gasteiger partial charge is 0.356 e. The highest BCUT2D eigenvalue weighted by Gasteiger charge is 2.23. The molecule has 0 unspecified atom stereocenters. The Balaban J connectivity index is 1.61. The number of carbonyl (C=O) groups excluding carboxylic acids is 2. The van der Waals surface area contributed by atoms with Crippen molar-refractivity contribution in [2.45, 2.75) is 79.2 Å². The SMILES string of the molecule is Cc1nc2c(c(C)nn2C(C)(C)C)c(C)c1CCC(=O)NCCCN1CCCC1=O. The molecule has 1 aliphatic heterocycles. The first-order valence-corrected chi connectivity index (χ1v) is 11.0. The smallest absolute Gasteiger partial charge is 0.222 e. The molecule has 0 aromatic carbocycles. The first-order valence-electron chi connectivity index (χ1n) is 11.0. The molecule has 3 rings (SSSR count). The molecule has 2 aromatic heterocycles. The lowest BCUT2D eigenvalue weighted by molar-refractivity contribution is -0.127. The summed E-state index contributed by atoms with van der Waals surface area (Å²) < 4.78 is 2.00. The fourth-order valence-corrected chi connectivity index (χ4v) is 4.31. The molecule has 30 heavy (non-hydrogen) atoms. The molecule has 0 atom stereocenters. The van der Waals surface area contributed by atoms with Gasteiger partial charge in [0.25, 0.3) is 0 Å². The minimum Gasteiger partial charge on any atom is -0.356 e. The van der Waals surface area contributed by atoms with E-state index in [-0.39, 0.29) is 17.4 Å². The molecule has 164 valence electrons. The van der Waals surface area contributed by atoms with Crippen molar-refractivity contribution in [3.05, 3.63) is 22.5 Å². The maximum atomic E-state index is 12.3. The highest BCUT2D eigenvalue weighted by atomic mass is 16.2. The van der Waals surface area contributed by atoms with E-state index in [0.29, 0.717) is 25.8 Å². The van der Waals surface area contributed by atoms with Crippen LogP contribution in [0.25, 0.3) is 11.0 Å². The molecule has 1 fully saturated rings. The van der Waals surface area contributed by atoms with E-state index in [9.17, 15) is 9.59 Å². The zero-order valence-electron chi connectivity index (χ0n) is 19.3. The Morgan fingerprint density at radius 3 is 2.53 bits per heavy atom. The molecule has 7 nitrogen and oxygen atoms in total. The van der Waals surface area contributed by atoms with E-state index >= 15 is 0 Å². The van der Waals surface area contributed by atoms with Gasteiger partial charge in [0.05, 0.1) is 11.2 Å². The molecule has 3 heterocycles. The second kappa shape index (κ2) is 8.74. The number of nitrogens with one attached hydrogen (secondary N) is 1. The predicted octanol–water partition coefficient (Wildman–Crippen LogP) is 3.17. The van der Waals surface area contributed by atoms with Gasteiger partial charge in [0.15, 0.2) is 5.65 Å². The topological polar surface area (TPSA) is 80.1 Å². The number of pyridine rings is 1. The minimum absolute atomic E-state index is 0.0451. The number of aromatic nitrogens is 3. The maximum Gasteiger partial charge on any atom is 0.222 e. The van der Waals surface area contributed by atoms with E-state index in [1.807, 2.05) is 23.4 Å². The fourth-order valence-electron chi connectivity index (χ4n) is 4.31. The zero-order chi connectivity index (χ0) is 22.1. The average Bonchev–Trinajstić information content (AvgIpc) is 3.21. The van der Waals surface area contributed by atoms with Gasteiger partial charge in [0.2, 0.25) is 11.8 Å². The number of fused-ring (bicyclic) bond motifs is 1. The normalized spacial score (nSPS) is 14.7. The van der Waals surface area contributed by atoms with Gasteiger partial charge in [0.1, 0.15) is 0 Å². The van der Waals surface area contributed by atoms with Crippen molar-refractivity contribution < 1.29 is 9.59 Å². The van der Waals surface area contributed by atoms with E-state index in [1.165, 1.54) is 5.56 Å². The van der Waals surface area contributed by atoms with Crippen LogP contribution in [0.4, 0.5) is 0 Å². The number of rotatable bonds is 7. The number of nitrogens with zero attached hydrogens (tertiary/aromatic N) is 4. The summed E-state index contributed by atoms with van der Waals surface area (Å²) in [5, 5.41) is 8.82. The van der Waals surface area contributed by atoms with E-state index in [0.717, 1.165) is 53.9 Å². The number of carbonyl (C=O) groups is 2. The third-order valence-corrected chi connectivity index (χ3v) is 5.91. The summed E-state index contributed by atoms with van der Waals surface area (Å²) >= 11 is 0. The highest BCUT2D eigenvalue weighted by Crippen LogP contribution is 2.29. The molecule has 2 aromatic rings. The monoisotopic (exact) mass is 413 g/mol. The Kier molecular flexibility index (Phi) is 6.48. The van der Waals surface area contributed by atoms with Crippen LogP contribution in [0.1, 0.15) is 69.0 Å². The van der Waals surface area contributed by atoms with E-state index in [2.05, 4.69) is 33.0 Å². The molecule has 1 aliphatic rings. The van der Waals surface area contributed by atoms with Crippen LogP contribution in [0.5, 0.6) is 0 Å². The lowest BCUT2D eigenvalue weighted by Gasteiger charge is -2.20. The molecule has 1 N–H and O–H groups in total. The van der Waals surface area contributed by atoms with Gasteiger partial charge in [-0.2, -0.15) is 5.10 Å². The molecule has 2 amide bonds. The lowest BCUT2D eigenvalue weighted by atomic mass is 9.99. The van der Waals surface area contributed by atoms with Crippen molar-refractivity contribution in [3.63, 3.8) is 0 Å². The molecule has 0 saturated carbocycles. The van der Waals surface area contributed by atoms with E-state index in [1.54, 1.807) is 0 Å². The van der Waals surface area contributed by atoms with Gasteiger partial charge in [-0.25, -0.2) is 9.67 Å². The van der Waals surface area contributed by atoms with Gasteiger partial charge in [0, 0.05) is 43.6 Å². The summed E-state index contributed by atoms with van der Waals surface area (Å²) in [5.41, 5.74) is 5.03. The van der Waals surface area contributed by atoms with Gasteiger partial charge < -0.3 is 10.2 Å². The molecule has 7 heteroatoms. The summed E-state index contributed by atoms with van der Waals surface area (Å²) in [6.45, 7) is 14.7. The van der Waals surface area contributed by atoms with Crippen LogP contribution < -0.4 is 5.32 Å². The van der Waals surface area contributed by atoms with Crippen molar-refractivity contribution >= 4 is 22.8 Å². The van der Waals surface area contributed by atoms with Crippen LogP contribution >= 0.6 is 0 Å². The fraction of sp³-hybridized carbons (Fsp3) is 0.652. The first-order chi connectivity index (χ1) is 14.1. The number of hydrogen-bond donors (Lipinski definition) is 1. The van der Waals surface area contributed by atoms with Crippen LogP contribution in [0, 0.1) is 20.8 Å². The summed E-state index contributed by atoms with van der Waals surface area (Å²) in [4.78, 5) is 30.7.